The van der Waals surface area contributed by atoms with Gasteiger partial charge in [-0.05, 0) is 35.9 Å². The summed E-state index contributed by atoms with van der Waals surface area (Å²) in [5, 5.41) is 15.3. The van der Waals surface area contributed by atoms with E-state index in [-0.39, 0.29) is 5.69 Å². The molecular formula is C17H9Cl3N2O2. The summed E-state index contributed by atoms with van der Waals surface area (Å²) in [5.41, 5.74) is 3.91. The molecule has 3 aromatic rings. The molecule has 1 aromatic heterocycles. The van der Waals surface area contributed by atoms with Crippen LogP contribution in [0.15, 0.2) is 36.4 Å². The van der Waals surface area contributed by atoms with Gasteiger partial charge in [-0.15, -0.1) is 0 Å². The largest absolute Gasteiger partial charge is 0.476 e. The summed E-state index contributed by atoms with van der Waals surface area (Å²) >= 11 is 18.2. The third-order valence-electron chi connectivity index (χ3n) is 3.97. The van der Waals surface area contributed by atoms with Gasteiger partial charge < -0.3 is 5.11 Å². The van der Waals surface area contributed by atoms with Crippen LogP contribution in [-0.2, 0) is 6.42 Å². The number of hydrogen-bond acceptors (Lipinski definition) is 2. The number of aromatic carboxylic acids is 1. The van der Waals surface area contributed by atoms with Crippen molar-refractivity contribution in [1.29, 1.82) is 0 Å². The van der Waals surface area contributed by atoms with E-state index >= 15 is 0 Å². The van der Waals surface area contributed by atoms with Crippen LogP contribution in [0, 0.1) is 0 Å². The summed E-state index contributed by atoms with van der Waals surface area (Å²) in [6, 6.07) is 10.5. The number of halogens is 3. The number of rotatable bonds is 2. The van der Waals surface area contributed by atoms with E-state index in [0.717, 1.165) is 16.8 Å². The summed E-state index contributed by atoms with van der Waals surface area (Å²) in [7, 11) is 0. The second kappa shape index (κ2) is 5.52. The summed E-state index contributed by atoms with van der Waals surface area (Å²) < 4.78 is 1.58. The Hall–Kier alpha value is -2.01. The monoisotopic (exact) mass is 378 g/mol. The normalized spacial score (nSPS) is 12.1. The molecule has 0 unspecified atom stereocenters. The van der Waals surface area contributed by atoms with Gasteiger partial charge in [-0.2, -0.15) is 5.10 Å². The second-order valence-corrected chi connectivity index (χ2v) is 6.81. The van der Waals surface area contributed by atoms with Crippen LogP contribution in [0.4, 0.5) is 0 Å². The highest BCUT2D eigenvalue weighted by molar-refractivity contribution is 6.34. The first-order valence-electron chi connectivity index (χ1n) is 7.04. The molecule has 4 rings (SSSR count). The molecule has 0 spiro atoms. The summed E-state index contributed by atoms with van der Waals surface area (Å²) in [4.78, 5) is 11.6. The van der Waals surface area contributed by atoms with E-state index in [9.17, 15) is 9.90 Å². The number of nitrogens with zero attached hydrogens (tertiary/aromatic N) is 2. The van der Waals surface area contributed by atoms with Crippen molar-refractivity contribution in [2.45, 2.75) is 6.42 Å². The fourth-order valence-electron chi connectivity index (χ4n) is 3.04. The molecule has 0 saturated heterocycles. The van der Waals surface area contributed by atoms with Crippen molar-refractivity contribution in [3.8, 4) is 16.9 Å². The highest BCUT2D eigenvalue weighted by Gasteiger charge is 2.31. The van der Waals surface area contributed by atoms with Crippen LogP contribution in [0.2, 0.25) is 15.1 Å². The van der Waals surface area contributed by atoms with Gasteiger partial charge in [0, 0.05) is 32.6 Å². The van der Waals surface area contributed by atoms with E-state index in [1.807, 2.05) is 12.1 Å². The Morgan fingerprint density at radius 3 is 2.42 bits per heavy atom. The predicted molar refractivity (Wildman–Crippen MR) is 93.8 cm³/mol. The Labute approximate surface area is 152 Å². The minimum absolute atomic E-state index is 0.0217. The van der Waals surface area contributed by atoms with Gasteiger partial charge in [0.2, 0.25) is 0 Å². The average Bonchev–Trinajstić information content (AvgIpc) is 3.02. The Balaban J connectivity index is 2.02. The van der Waals surface area contributed by atoms with Crippen molar-refractivity contribution < 1.29 is 9.90 Å². The molecular weight excluding hydrogens is 371 g/mol. The molecule has 2 aromatic carbocycles. The SMILES string of the molecule is O=C(O)c1nn(-c2cc(Cl)cc(Cl)c2)c2c1Cc1cc(Cl)ccc1-2. The summed E-state index contributed by atoms with van der Waals surface area (Å²) in [6.07, 6.45) is 0.473. The van der Waals surface area contributed by atoms with Crippen molar-refractivity contribution in [2.24, 2.45) is 0 Å². The maximum Gasteiger partial charge on any atom is 0.356 e. The van der Waals surface area contributed by atoms with Gasteiger partial charge in [-0.3, -0.25) is 0 Å². The molecule has 4 nitrogen and oxygen atoms in total. The van der Waals surface area contributed by atoms with Crippen LogP contribution in [0.1, 0.15) is 21.6 Å². The minimum Gasteiger partial charge on any atom is -0.476 e. The lowest BCUT2D eigenvalue weighted by atomic mass is 10.1. The van der Waals surface area contributed by atoms with Crippen LogP contribution in [0.25, 0.3) is 16.9 Å². The zero-order chi connectivity index (χ0) is 17.0. The fraction of sp³-hybridized carbons (Fsp3) is 0.0588. The molecule has 0 radical (unpaired) electrons. The van der Waals surface area contributed by atoms with E-state index in [1.54, 1.807) is 28.9 Å². The molecule has 7 heteroatoms. The van der Waals surface area contributed by atoms with Gasteiger partial charge in [0.15, 0.2) is 5.69 Å². The van der Waals surface area contributed by atoms with Gasteiger partial charge in [-0.25, -0.2) is 9.48 Å². The second-order valence-electron chi connectivity index (χ2n) is 5.50. The Morgan fingerprint density at radius 1 is 1.04 bits per heavy atom. The lowest BCUT2D eigenvalue weighted by Gasteiger charge is -2.09. The molecule has 0 fully saturated rings. The third kappa shape index (κ3) is 2.38. The minimum atomic E-state index is -1.07. The van der Waals surface area contributed by atoms with Crippen LogP contribution in [-0.4, -0.2) is 20.9 Å². The van der Waals surface area contributed by atoms with E-state index in [1.165, 1.54) is 0 Å². The molecule has 1 aliphatic carbocycles. The Kier molecular flexibility index (Phi) is 3.57. The topological polar surface area (TPSA) is 55.1 Å². The molecule has 0 bridgehead atoms. The van der Waals surface area contributed by atoms with Crippen LogP contribution in [0.5, 0.6) is 0 Å². The first kappa shape index (κ1) is 15.5. The van der Waals surface area contributed by atoms with E-state index in [4.69, 9.17) is 34.8 Å². The maximum absolute atomic E-state index is 11.6. The molecule has 1 aliphatic rings. The standard InChI is InChI=1S/C17H9Cl3N2O2/c18-9-1-2-13-8(3-9)4-14-15(17(23)24)21-22(16(13)14)12-6-10(19)5-11(20)7-12/h1-3,5-7H,4H2,(H,23,24). The molecule has 24 heavy (non-hydrogen) atoms. The zero-order valence-corrected chi connectivity index (χ0v) is 14.3. The highest BCUT2D eigenvalue weighted by atomic mass is 35.5. The molecule has 0 saturated carbocycles. The van der Waals surface area contributed by atoms with Crippen LogP contribution < -0.4 is 0 Å². The van der Waals surface area contributed by atoms with Crippen molar-refractivity contribution in [2.75, 3.05) is 0 Å². The van der Waals surface area contributed by atoms with Gasteiger partial charge in [0.1, 0.15) is 0 Å². The molecule has 0 atom stereocenters. The smallest absolute Gasteiger partial charge is 0.356 e. The van der Waals surface area contributed by atoms with Crippen molar-refractivity contribution in [1.82, 2.24) is 9.78 Å². The lowest BCUT2D eigenvalue weighted by Crippen LogP contribution is -2.04. The number of carboxylic acid groups (broad SMARTS) is 1. The molecule has 1 N–H and O–H groups in total. The van der Waals surface area contributed by atoms with E-state index in [2.05, 4.69) is 5.10 Å². The van der Waals surface area contributed by atoms with Gasteiger partial charge in [-0.1, -0.05) is 40.9 Å². The first-order chi connectivity index (χ1) is 11.4. The average molecular weight is 380 g/mol. The van der Waals surface area contributed by atoms with E-state index in [0.29, 0.717) is 32.7 Å². The molecule has 0 amide bonds. The van der Waals surface area contributed by atoms with Gasteiger partial charge in [0.05, 0.1) is 11.4 Å². The highest BCUT2D eigenvalue weighted by Crippen LogP contribution is 2.41. The Bertz CT molecular complexity index is 991. The summed E-state index contributed by atoms with van der Waals surface area (Å²) in [6.45, 7) is 0. The van der Waals surface area contributed by atoms with E-state index < -0.39 is 5.97 Å². The van der Waals surface area contributed by atoms with Crippen molar-refractivity contribution in [3.63, 3.8) is 0 Å². The quantitative estimate of drug-likeness (QED) is 0.527. The number of aromatic nitrogens is 2. The molecule has 0 aliphatic heterocycles. The van der Waals surface area contributed by atoms with Crippen LogP contribution >= 0.6 is 34.8 Å². The number of fused-ring (bicyclic) bond motifs is 3. The van der Waals surface area contributed by atoms with Gasteiger partial charge in [0.25, 0.3) is 0 Å². The number of benzene rings is 2. The molecule has 1 heterocycles. The lowest BCUT2D eigenvalue weighted by molar-refractivity contribution is 0.0689. The zero-order valence-electron chi connectivity index (χ0n) is 12.1. The van der Waals surface area contributed by atoms with Crippen molar-refractivity contribution >= 4 is 40.8 Å². The molecule has 120 valence electrons. The Morgan fingerprint density at radius 2 is 1.75 bits per heavy atom. The summed E-state index contributed by atoms with van der Waals surface area (Å²) in [5.74, 6) is -1.07. The third-order valence-corrected chi connectivity index (χ3v) is 4.64. The predicted octanol–water partition coefficient (Wildman–Crippen LogP) is 5.10. The fourth-order valence-corrected chi connectivity index (χ4v) is 3.75. The number of hydrogen-bond donors (Lipinski definition) is 1. The number of carboxylic acids is 1. The number of carbonyl (C=O) groups is 1. The maximum atomic E-state index is 11.6. The van der Waals surface area contributed by atoms with Crippen molar-refractivity contribution in [3.05, 3.63) is 68.3 Å². The van der Waals surface area contributed by atoms with Gasteiger partial charge >= 0.3 is 5.97 Å². The van der Waals surface area contributed by atoms with Crippen LogP contribution in [0.3, 0.4) is 0 Å². The first-order valence-corrected chi connectivity index (χ1v) is 8.18.